The van der Waals surface area contributed by atoms with E-state index in [0.717, 1.165) is 11.1 Å². The lowest BCUT2D eigenvalue weighted by molar-refractivity contribution is 0.284. The van der Waals surface area contributed by atoms with Gasteiger partial charge in [-0.2, -0.15) is 12.7 Å². The Morgan fingerprint density at radius 2 is 1.36 bits per heavy atom. The zero-order valence-corrected chi connectivity index (χ0v) is 20.0. The molecule has 0 N–H and O–H groups in total. The quantitative estimate of drug-likeness (QED) is 0.407. The zero-order chi connectivity index (χ0) is 23.6. The normalized spacial score (nSPS) is 17.9. The first-order valence-corrected chi connectivity index (χ1v) is 13.3. The van der Waals surface area contributed by atoms with Crippen LogP contribution in [0.25, 0.3) is 0 Å². The Bertz CT molecular complexity index is 1360. The average molecular weight is 484 g/mol. The van der Waals surface area contributed by atoms with Gasteiger partial charge in [-0.25, -0.2) is 8.42 Å². The van der Waals surface area contributed by atoms with Crippen molar-refractivity contribution in [3.63, 3.8) is 0 Å². The molecule has 1 aliphatic rings. The number of aryl methyl sites for hydroxylation is 1. The van der Waals surface area contributed by atoms with Gasteiger partial charge in [-0.3, -0.25) is 0 Å². The number of nitrogens with zero attached hydrogens (tertiary/aromatic N) is 3. The van der Waals surface area contributed by atoms with E-state index in [1.807, 2.05) is 37.3 Å². The summed E-state index contributed by atoms with van der Waals surface area (Å²) in [5, 5.41) is 0. The Kier molecular flexibility index (Phi) is 6.38. The Morgan fingerprint density at radius 1 is 0.788 bits per heavy atom. The summed E-state index contributed by atoms with van der Waals surface area (Å²) >= 11 is 0. The summed E-state index contributed by atoms with van der Waals surface area (Å²) in [4.78, 5) is 2.01. The topological polar surface area (TPSA) is 87.1 Å². The van der Waals surface area contributed by atoms with Crippen molar-refractivity contribution in [1.82, 2.24) is 9.21 Å². The molecule has 0 saturated carbocycles. The highest BCUT2D eigenvalue weighted by atomic mass is 32.2. The fourth-order valence-electron chi connectivity index (χ4n) is 3.89. The molecule has 33 heavy (non-hydrogen) atoms. The summed E-state index contributed by atoms with van der Waals surface area (Å²) in [6.45, 7) is 3.99. The SMILES string of the molecule is C/C(=N\S(=O)(=O)c1ccc(C)cc1)N1CCN(S(=O)(=O)c2ccccc2)C1c1ccccc1. The van der Waals surface area contributed by atoms with E-state index < -0.39 is 26.2 Å². The molecule has 7 nitrogen and oxygen atoms in total. The Labute approximate surface area is 195 Å². The maximum atomic E-state index is 13.5. The lowest BCUT2D eigenvalue weighted by Gasteiger charge is -2.31. The van der Waals surface area contributed by atoms with Gasteiger partial charge in [0.15, 0.2) is 0 Å². The minimum absolute atomic E-state index is 0.0941. The molecular formula is C24H25N3O4S2. The van der Waals surface area contributed by atoms with Gasteiger partial charge >= 0.3 is 0 Å². The Morgan fingerprint density at radius 3 is 1.97 bits per heavy atom. The van der Waals surface area contributed by atoms with Crippen molar-refractivity contribution in [3.05, 3.63) is 96.1 Å². The molecule has 3 aromatic carbocycles. The number of hydrogen-bond acceptors (Lipinski definition) is 4. The lowest BCUT2D eigenvalue weighted by Crippen LogP contribution is -2.37. The molecule has 1 unspecified atom stereocenters. The van der Waals surface area contributed by atoms with Gasteiger partial charge in [0, 0.05) is 13.1 Å². The van der Waals surface area contributed by atoms with Crippen molar-refractivity contribution in [1.29, 1.82) is 0 Å². The Balaban J connectivity index is 1.75. The highest BCUT2D eigenvalue weighted by molar-refractivity contribution is 7.90. The first kappa shape index (κ1) is 23.2. The molecule has 0 aromatic heterocycles. The van der Waals surface area contributed by atoms with Crippen LogP contribution in [0.1, 0.15) is 24.2 Å². The van der Waals surface area contributed by atoms with Crippen LogP contribution < -0.4 is 0 Å². The predicted octanol–water partition coefficient (Wildman–Crippen LogP) is 3.81. The third-order valence-electron chi connectivity index (χ3n) is 5.56. The maximum Gasteiger partial charge on any atom is 0.283 e. The van der Waals surface area contributed by atoms with Crippen LogP contribution in [0.2, 0.25) is 0 Å². The minimum Gasteiger partial charge on any atom is -0.337 e. The lowest BCUT2D eigenvalue weighted by atomic mass is 10.1. The van der Waals surface area contributed by atoms with Crippen molar-refractivity contribution >= 4 is 25.9 Å². The van der Waals surface area contributed by atoms with Gasteiger partial charge in [0.05, 0.1) is 9.79 Å². The third-order valence-corrected chi connectivity index (χ3v) is 8.80. The zero-order valence-electron chi connectivity index (χ0n) is 18.4. The van der Waals surface area contributed by atoms with Gasteiger partial charge in [-0.1, -0.05) is 66.2 Å². The van der Waals surface area contributed by atoms with Crippen molar-refractivity contribution in [2.24, 2.45) is 4.40 Å². The van der Waals surface area contributed by atoms with Gasteiger partial charge in [-0.05, 0) is 43.7 Å². The van der Waals surface area contributed by atoms with Crippen LogP contribution in [0.5, 0.6) is 0 Å². The summed E-state index contributed by atoms with van der Waals surface area (Å²) in [6, 6.07) is 23.9. The second kappa shape index (κ2) is 9.09. The summed E-state index contributed by atoms with van der Waals surface area (Å²) in [5.74, 6) is 0.232. The number of sulfonamides is 2. The van der Waals surface area contributed by atoms with Crippen molar-refractivity contribution in [3.8, 4) is 0 Å². The fraction of sp³-hybridized carbons (Fsp3) is 0.208. The molecule has 9 heteroatoms. The van der Waals surface area contributed by atoms with Crippen LogP contribution in [0.3, 0.4) is 0 Å². The highest BCUT2D eigenvalue weighted by Crippen LogP contribution is 2.35. The van der Waals surface area contributed by atoms with E-state index in [9.17, 15) is 16.8 Å². The molecule has 0 aliphatic carbocycles. The van der Waals surface area contributed by atoms with E-state index in [1.54, 1.807) is 54.3 Å². The maximum absolute atomic E-state index is 13.5. The van der Waals surface area contributed by atoms with Crippen molar-refractivity contribution in [2.75, 3.05) is 13.1 Å². The molecule has 1 aliphatic heterocycles. The number of hydrogen-bond donors (Lipinski definition) is 0. The van der Waals surface area contributed by atoms with Gasteiger partial charge in [0.1, 0.15) is 12.0 Å². The fourth-order valence-corrected chi connectivity index (χ4v) is 6.52. The molecule has 1 saturated heterocycles. The van der Waals surface area contributed by atoms with E-state index in [1.165, 1.54) is 16.4 Å². The van der Waals surface area contributed by atoms with E-state index in [-0.39, 0.29) is 22.2 Å². The van der Waals surface area contributed by atoms with E-state index in [4.69, 9.17) is 0 Å². The predicted molar refractivity (Wildman–Crippen MR) is 128 cm³/mol. The van der Waals surface area contributed by atoms with Gasteiger partial charge in [0.2, 0.25) is 10.0 Å². The van der Waals surface area contributed by atoms with E-state index in [2.05, 4.69) is 4.40 Å². The second-order valence-electron chi connectivity index (χ2n) is 7.83. The van der Waals surface area contributed by atoms with Crippen molar-refractivity contribution < 1.29 is 16.8 Å². The minimum atomic E-state index is -3.95. The summed E-state index contributed by atoms with van der Waals surface area (Å²) in [5.41, 5.74) is 1.68. The standard InChI is InChI=1S/C24H25N3O4S2/c1-19-13-15-22(16-14-19)32(28,29)25-20(2)26-17-18-27(24(26)21-9-5-3-6-10-21)33(30,31)23-11-7-4-8-12-23/h3-16,24H,17-18H2,1-2H3/b25-20+. The van der Waals surface area contributed by atoms with Crippen LogP contribution in [0.4, 0.5) is 0 Å². The number of rotatable bonds is 5. The average Bonchev–Trinajstić information content (AvgIpc) is 3.27. The molecule has 172 valence electrons. The van der Waals surface area contributed by atoms with Crippen LogP contribution in [-0.4, -0.2) is 45.0 Å². The second-order valence-corrected chi connectivity index (χ2v) is 11.3. The summed E-state index contributed by atoms with van der Waals surface area (Å²) < 4.78 is 58.2. The largest absolute Gasteiger partial charge is 0.337 e. The van der Waals surface area contributed by atoms with Crippen LogP contribution >= 0.6 is 0 Å². The van der Waals surface area contributed by atoms with Crippen LogP contribution in [0.15, 0.2) is 99.1 Å². The van der Waals surface area contributed by atoms with Crippen LogP contribution in [0, 0.1) is 6.92 Å². The first-order chi connectivity index (χ1) is 15.7. The molecule has 1 fully saturated rings. The molecule has 3 aromatic rings. The Hall–Kier alpha value is -3.01. The van der Waals surface area contributed by atoms with E-state index in [0.29, 0.717) is 6.54 Å². The molecule has 0 amide bonds. The monoisotopic (exact) mass is 483 g/mol. The number of benzene rings is 3. The molecule has 0 bridgehead atoms. The molecule has 0 spiro atoms. The smallest absolute Gasteiger partial charge is 0.283 e. The molecule has 1 heterocycles. The molecule has 1 atom stereocenters. The highest BCUT2D eigenvalue weighted by Gasteiger charge is 2.42. The molecule has 0 radical (unpaired) electrons. The summed E-state index contributed by atoms with van der Waals surface area (Å²) in [7, 11) is -7.76. The van der Waals surface area contributed by atoms with Gasteiger partial charge in [0.25, 0.3) is 10.0 Å². The van der Waals surface area contributed by atoms with Crippen molar-refractivity contribution in [2.45, 2.75) is 29.8 Å². The summed E-state index contributed by atoms with van der Waals surface area (Å²) in [6.07, 6.45) is -0.714. The van der Waals surface area contributed by atoms with Gasteiger partial charge < -0.3 is 4.90 Å². The third kappa shape index (κ3) is 4.71. The van der Waals surface area contributed by atoms with E-state index >= 15 is 0 Å². The number of amidine groups is 1. The first-order valence-electron chi connectivity index (χ1n) is 10.5. The van der Waals surface area contributed by atoms with Gasteiger partial charge in [-0.15, -0.1) is 4.40 Å². The molecular weight excluding hydrogens is 458 g/mol. The van der Waals surface area contributed by atoms with Crippen LogP contribution in [-0.2, 0) is 20.0 Å². The molecule has 4 rings (SSSR count).